The maximum atomic E-state index is 12.8. The molecule has 0 saturated carbocycles. The fourth-order valence-electron chi connectivity index (χ4n) is 2.62. The van der Waals surface area contributed by atoms with Gasteiger partial charge in [-0.1, -0.05) is 6.07 Å². The van der Waals surface area contributed by atoms with Crippen LogP contribution in [0, 0.1) is 13.8 Å². The maximum absolute atomic E-state index is 12.8. The Hall–Kier alpha value is -2.21. The zero-order valence-corrected chi connectivity index (χ0v) is 15.7. The number of benzene rings is 1. The molecule has 0 unspecified atom stereocenters. The van der Waals surface area contributed by atoms with Crippen LogP contribution in [0.25, 0.3) is 11.0 Å². The van der Waals surface area contributed by atoms with Crippen molar-refractivity contribution in [3.8, 4) is 0 Å². The molecule has 3 aromatic rings. The number of aromatic nitrogens is 3. The first-order chi connectivity index (χ1) is 11.4. The van der Waals surface area contributed by atoms with Gasteiger partial charge in [-0.15, -0.1) is 0 Å². The van der Waals surface area contributed by atoms with Gasteiger partial charge in [-0.2, -0.15) is 5.10 Å². The predicted molar refractivity (Wildman–Crippen MR) is 99.5 cm³/mol. The van der Waals surface area contributed by atoms with E-state index in [2.05, 4.69) is 31.3 Å². The summed E-state index contributed by atoms with van der Waals surface area (Å²) in [5.41, 5.74) is 3.97. The Kier molecular flexibility index (Phi) is 4.41. The monoisotopic (exact) mass is 386 g/mol. The van der Waals surface area contributed by atoms with Crippen molar-refractivity contribution in [2.24, 2.45) is 0 Å². The smallest absolute Gasteiger partial charge is 0.256 e. The Morgan fingerprint density at radius 1 is 1.25 bits per heavy atom. The average molecular weight is 387 g/mol. The summed E-state index contributed by atoms with van der Waals surface area (Å²) in [6.07, 6.45) is 1.71. The lowest BCUT2D eigenvalue weighted by Crippen LogP contribution is -2.14. The van der Waals surface area contributed by atoms with Gasteiger partial charge in [0, 0.05) is 16.2 Å². The Bertz CT molecular complexity index is 930. The van der Waals surface area contributed by atoms with Gasteiger partial charge in [0.25, 0.3) is 5.91 Å². The normalized spacial score (nSPS) is 11.2. The zero-order chi connectivity index (χ0) is 17.4. The number of halogens is 1. The van der Waals surface area contributed by atoms with Gasteiger partial charge in [0.1, 0.15) is 0 Å². The van der Waals surface area contributed by atoms with Crippen molar-refractivity contribution in [1.82, 2.24) is 14.8 Å². The van der Waals surface area contributed by atoms with Crippen LogP contribution in [0.3, 0.4) is 0 Å². The highest BCUT2D eigenvalue weighted by molar-refractivity contribution is 9.10. The van der Waals surface area contributed by atoms with E-state index in [1.54, 1.807) is 12.3 Å². The highest BCUT2D eigenvalue weighted by Crippen LogP contribution is 2.26. The van der Waals surface area contributed by atoms with E-state index in [4.69, 9.17) is 0 Å². The van der Waals surface area contributed by atoms with Crippen molar-refractivity contribution in [2.75, 3.05) is 5.32 Å². The third-order valence-electron chi connectivity index (χ3n) is 3.80. The minimum absolute atomic E-state index is 0.168. The highest BCUT2D eigenvalue weighted by atomic mass is 79.9. The number of carbonyl (C=O) groups is 1. The van der Waals surface area contributed by atoms with Crippen molar-refractivity contribution in [2.45, 2.75) is 33.7 Å². The van der Waals surface area contributed by atoms with E-state index >= 15 is 0 Å². The van der Waals surface area contributed by atoms with Gasteiger partial charge in [-0.05, 0) is 67.4 Å². The first-order valence-corrected chi connectivity index (χ1v) is 8.58. The van der Waals surface area contributed by atoms with Crippen molar-refractivity contribution in [1.29, 1.82) is 0 Å². The molecule has 0 aliphatic rings. The highest BCUT2D eigenvalue weighted by Gasteiger charge is 2.17. The summed E-state index contributed by atoms with van der Waals surface area (Å²) in [7, 11) is 0. The molecule has 1 amide bonds. The van der Waals surface area contributed by atoms with Crippen LogP contribution in [-0.2, 0) is 0 Å². The maximum Gasteiger partial charge on any atom is 0.256 e. The number of fused-ring (bicyclic) bond motifs is 1. The van der Waals surface area contributed by atoms with Crippen LogP contribution in [0.1, 0.15) is 41.5 Å². The van der Waals surface area contributed by atoms with Gasteiger partial charge >= 0.3 is 0 Å². The lowest BCUT2D eigenvalue weighted by Gasteiger charge is -2.11. The number of pyridine rings is 1. The van der Waals surface area contributed by atoms with E-state index < -0.39 is 0 Å². The van der Waals surface area contributed by atoms with Crippen LogP contribution < -0.4 is 5.32 Å². The fraction of sp³-hybridized carbons (Fsp3) is 0.278. The minimum atomic E-state index is -0.168. The van der Waals surface area contributed by atoms with Crippen LogP contribution in [0.4, 0.5) is 5.69 Å². The van der Waals surface area contributed by atoms with Crippen LogP contribution in [-0.4, -0.2) is 20.7 Å². The molecule has 0 spiro atoms. The number of nitrogens with one attached hydrogen (secondary N) is 1. The molecule has 0 saturated heterocycles. The summed E-state index contributed by atoms with van der Waals surface area (Å²) in [6, 6.07) is 7.80. The van der Waals surface area contributed by atoms with Crippen LogP contribution in [0.15, 0.2) is 34.9 Å². The van der Waals surface area contributed by atoms with Crippen molar-refractivity contribution < 1.29 is 4.79 Å². The van der Waals surface area contributed by atoms with Crippen LogP contribution in [0.5, 0.6) is 0 Å². The summed E-state index contributed by atoms with van der Waals surface area (Å²) < 4.78 is 2.69. The third kappa shape index (κ3) is 3.06. The first-order valence-electron chi connectivity index (χ1n) is 7.79. The van der Waals surface area contributed by atoms with E-state index in [0.29, 0.717) is 5.56 Å². The number of hydrogen-bond acceptors (Lipinski definition) is 3. The largest absolute Gasteiger partial charge is 0.321 e. The summed E-state index contributed by atoms with van der Waals surface area (Å²) in [5.74, 6) is -0.168. The first kappa shape index (κ1) is 16.6. The topological polar surface area (TPSA) is 59.8 Å². The molecular formula is C18H19BrN4O. The molecule has 5 nitrogen and oxygen atoms in total. The SMILES string of the molecule is Cc1ccc(NC(=O)c2cc(C)nc3c2cnn3C(C)C)c(Br)c1. The number of anilines is 1. The van der Waals surface area contributed by atoms with Gasteiger partial charge in [0.15, 0.2) is 5.65 Å². The minimum Gasteiger partial charge on any atom is -0.321 e. The Balaban J connectivity index is 2.03. The Labute approximate surface area is 149 Å². The average Bonchev–Trinajstić information content (AvgIpc) is 2.92. The van der Waals surface area contributed by atoms with Crippen molar-refractivity contribution in [3.63, 3.8) is 0 Å². The molecule has 1 aromatic carbocycles. The Morgan fingerprint density at radius 2 is 2.00 bits per heavy atom. The third-order valence-corrected chi connectivity index (χ3v) is 4.46. The summed E-state index contributed by atoms with van der Waals surface area (Å²) in [4.78, 5) is 17.3. The fourth-order valence-corrected chi connectivity index (χ4v) is 3.21. The van der Waals surface area contributed by atoms with E-state index in [1.807, 2.05) is 50.6 Å². The number of nitrogens with zero attached hydrogens (tertiary/aromatic N) is 3. The molecule has 0 fully saturated rings. The molecule has 2 aromatic heterocycles. The van der Waals surface area contributed by atoms with E-state index in [9.17, 15) is 4.79 Å². The molecule has 24 heavy (non-hydrogen) atoms. The Morgan fingerprint density at radius 3 is 2.67 bits per heavy atom. The lowest BCUT2D eigenvalue weighted by atomic mass is 10.1. The number of aryl methyl sites for hydroxylation is 2. The molecule has 2 heterocycles. The van der Waals surface area contributed by atoms with Crippen molar-refractivity contribution in [3.05, 3.63) is 51.8 Å². The molecule has 1 N–H and O–H groups in total. The molecule has 0 aliphatic carbocycles. The molecule has 0 bridgehead atoms. The number of hydrogen-bond donors (Lipinski definition) is 1. The molecule has 0 atom stereocenters. The molecule has 3 rings (SSSR count). The van der Waals surface area contributed by atoms with E-state index in [1.165, 1.54) is 0 Å². The summed E-state index contributed by atoms with van der Waals surface area (Å²) in [6.45, 7) is 7.97. The second-order valence-electron chi connectivity index (χ2n) is 6.17. The molecule has 6 heteroatoms. The number of amides is 1. The quantitative estimate of drug-likeness (QED) is 0.712. The number of carbonyl (C=O) groups excluding carboxylic acids is 1. The van der Waals surface area contributed by atoms with Gasteiger partial charge in [-0.3, -0.25) is 4.79 Å². The summed E-state index contributed by atoms with van der Waals surface area (Å²) in [5, 5.41) is 8.10. The molecule has 0 aliphatic heterocycles. The van der Waals surface area contributed by atoms with Gasteiger partial charge in [0.05, 0.1) is 22.8 Å². The van der Waals surface area contributed by atoms with Gasteiger partial charge < -0.3 is 5.32 Å². The molecule has 124 valence electrons. The van der Waals surface area contributed by atoms with Crippen molar-refractivity contribution >= 4 is 38.6 Å². The van der Waals surface area contributed by atoms with Crippen LogP contribution in [0.2, 0.25) is 0 Å². The van der Waals surface area contributed by atoms with Gasteiger partial charge in [0.2, 0.25) is 0 Å². The lowest BCUT2D eigenvalue weighted by molar-refractivity contribution is 0.102. The van der Waals surface area contributed by atoms with E-state index in [0.717, 1.165) is 32.5 Å². The summed E-state index contributed by atoms with van der Waals surface area (Å²) >= 11 is 3.49. The second-order valence-corrected chi connectivity index (χ2v) is 7.02. The zero-order valence-electron chi connectivity index (χ0n) is 14.1. The number of rotatable bonds is 3. The standard InChI is InChI=1S/C18H19BrN4O/c1-10(2)23-17-14(9-20-23)13(8-12(4)21-17)18(24)22-16-6-5-11(3)7-15(16)19/h5-10H,1-4H3,(H,22,24). The predicted octanol–water partition coefficient (Wildman–Crippen LogP) is 4.64. The second kappa shape index (κ2) is 6.36. The van der Waals surface area contributed by atoms with E-state index in [-0.39, 0.29) is 11.9 Å². The molecule has 0 radical (unpaired) electrons. The van der Waals surface area contributed by atoms with Gasteiger partial charge in [-0.25, -0.2) is 9.67 Å². The molecular weight excluding hydrogens is 368 g/mol. The van der Waals surface area contributed by atoms with Crippen LogP contribution >= 0.6 is 15.9 Å².